The third kappa shape index (κ3) is 3.39. The molecule has 2 aliphatic rings. The molecule has 2 atom stereocenters. The number of piperidine rings is 1. The number of aliphatic hydroxyl groups excluding tert-OH is 1. The van der Waals surface area contributed by atoms with E-state index in [1.54, 1.807) is 0 Å². The van der Waals surface area contributed by atoms with Gasteiger partial charge < -0.3 is 15.3 Å². The molecule has 0 unspecified atom stereocenters. The number of β-amino-alcohol motifs (C(OH)–C–C–N with tert-alkyl or cyclic N) is 1. The Morgan fingerprint density at radius 3 is 2.81 bits per heavy atom. The number of hydrogen-bond donors (Lipinski definition) is 3. The standard InChI is InChI=1S/C20H26N4O2/c1-13-3-2-4-15(9-13)17-12-22-23-19(17)14-5-7-24(8-6-14)20(26)18-10-16(25)11-21-18/h2-4,9,12,14,16,18,21,25H,5-8,10-11H2,1H3,(H,22,23)/t16-,18+/m1/s1. The Kier molecular flexibility index (Phi) is 4.78. The maximum atomic E-state index is 12.6. The zero-order valence-electron chi connectivity index (χ0n) is 15.1. The van der Waals surface area contributed by atoms with Gasteiger partial charge in [0.2, 0.25) is 5.91 Å². The SMILES string of the molecule is Cc1cccc(-c2cn[nH]c2C2CCN(C(=O)[C@@H]3C[C@@H](O)CN3)CC2)c1. The van der Waals surface area contributed by atoms with Gasteiger partial charge in [0.05, 0.1) is 18.3 Å². The van der Waals surface area contributed by atoms with Crippen LogP contribution in [0, 0.1) is 6.92 Å². The zero-order valence-corrected chi connectivity index (χ0v) is 15.1. The Morgan fingerprint density at radius 1 is 1.31 bits per heavy atom. The van der Waals surface area contributed by atoms with Crippen LogP contribution in [0.15, 0.2) is 30.5 Å². The molecule has 1 aromatic heterocycles. The van der Waals surface area contributed by atoms with Crippen molar-refractivity contribution in [2.75, 3.05) is 19.6 Å². The topological polar surface area (TPSA) is 81.2 Å². The number of aliphatic hydroxyl groups is 1. The third-order valence-corrected chi connectivity index (χ3v) is 5.62. The van der Waals surface area contributed by atoms with Crippen LogP contribution in [0.3, 0.4) is 0 Å². The summed E-state index contributed by atoms with van der Waals surface area (Å²) in [7, 11) is 0. The molecule has 6 heteroatoms. The smallest absolute Gasteiger partial charge is 0.239 e. The Morgan fingerprint density at radius 2 is 2.12 bits per heavy atom. The van der Waals surface area contributed by atoms with Crippen LogP contribution in [0.4, 0.5) is 0 Å². The summed E-state index contributed by atoms with van der Waals surface area (Å²) in [5, 5.41) is 20.2. The van der Waals surface area contributed by atoms with E-state index in [-0.39, 0.29) is 11.9 Å². The highest BCUT2D eigenvalue weighted by atomic mass is 16.3. The quantitative estimate of drug-likeness (QED) is 0.785. The maximum Gasteiger partial charge on any atom is 0.239 e. The second-order valence-electron chi connectivity index (χ2n) is 7.52. The average Bonchev–Trinajstić information content (AvgIpc) is 3.30. The van der Waals surface area contributed by atoms with Gasteiger partial charge in [-0.25, -0.2) is 0 Å². The number of aromatic nitrogens is 2. The number of aryl methyl sites for hydroxylation is 1. The van der Waals surface area contributed by atoms with Crippen LogP contribution in [-0.2, 0) is 4.79 Å². The second-order valence-corrected chi connectivity index (χ2v) is 7.52. The van der Waals surface area contributed by atoms with Crippen LogP contribution in [0.5, 0.6) is 0 Å². The summed E-state index contributed by atoms with van der Waals surface area (Å²) in [6.45, 7) is 4.12. The number of aromatic amines is 1. The van der Waals surface area contributed by atoms with E-state index in [4.69, 9.17) is 0 Å². The number of carbonyl (C=O) groups is 1. The molecule has 2 aromatic rings. The number of amides is 1. The van der Waals surface area contributed by atoms with Crippen molar-refractivity contribution in [3.8, 4) is 11.1 Å². The van der Waals surface area contributed by atoms with Crippen LogP contribution in [0.2, 0.25) is 0 Å². The summed E-state index contributed by atoms with van der Waals surface area (Å²) in [6, 6.07) is 8.26. The lowest BCUT2D eigenvalue weighted by atomic mass is 9.89. The molecule has 6 nitrogen and oxygen atoms in total. The van der Waals surface area contributed by atoms with E-state index in [2.05, 4.69) is 46.7 Å². The number of carbonyl (C=O) groups excluding carboxylic acids is 1. The number of hydrogen-bond acceptors (Lipinski definition) is 4. The van der Waals surface area contributed by atoms with Crippen molar-refractivity contribution in [3.63, 3.8) is 0 Å². The predicted octanol–water partition coefficient (Wildman–Crippen LogP) is 1.81. The van der Waals surface area contributed by atoms with Crippen LogP contribution < -0.4 is 5.32 Å². The molecule has 2 fully saturated rings. The molecule has 1 amide bonds. The molecule has 1 aromatic carbocycles. The van der Waals surface area contributed by atoms with Crippen molar-refractivity contribution in [3.05, 3.63) is 41.7 Å². The van der Waals surface area contributed by atoms with Gasteiger partial charge >= 0.3 is 0 Å². The minimum Gasteiger partial charge on any atom is -0.392 e. The van der Waals surface area contributed by atoms with E-state index < -0.39 is 6.10 Å². The summed E-state index contributed by atoms with van der Waals surface area (Å²) in [5.41, 5.74) is 4.77. The lowest BCUT2D eigenvalue weighted by Gasteiger charge is -2.33. The first-order valence-corrected chi connectivity index (χ1v) is 9.42. The average molecular weight is 354 g/mol. The predicted molar refractivity (Wildman–Crippen MR) is 99.7 cm³/mol. The van der Waals surface area contributed by atoms with Gasteiger partial charge in [-0.1, -0.05) is 29.8 Å². The van der Waals surface area contributed by atoms with Gasteiger partial charge in [-0.05, 0) is 31.7 Å². The van der Waals surface area contributed by atoms with Crippen molar-refractivity contribution in [1.29, 1.82) is 0 Å². The lowest BCUT2D eigenvalue weighted by Crippen LogP contribution is -2.46. The Balaban J connectivity index is 1.43. The highest BCUT2D eigenvalue weighted by molar-refractivity contribution is 5.82. The van der Waals surface area contributed by atoms with Gasteiger partial charge in [-0.3, -0.25) is 9.89 Å². The monoisotopic (exact) mass is 354 g/mol. The first kappa shape index (κ1) is 17.2. The normalized spacial score (nSPS) is 24.2. The van der Waals surface area contributed by atoms with Gasteiger partial charge in [0, 0.05) is 36.8 Å². The number of nitrogens with zero attached hydrogens (tertiary/aromatic N) is 2. The molecule has 0 saturated carbocycles. The summed E-state index contributed by atoms with van der Waals surface area (Å²) >= 11 is 0. The first-order valence-electron chi connectivity index (χ1n) is 9.42. The van der Waals surface area contributed by atoms with E-state index in [9.17, 15) is 9.90 Å². The fourth-order valence-corrected chi connectivity index (χ4v) is 4.16. The lowest BCUT2D eigenvalue weighted by molar-refractivity contribution is -0.134. The molecule has 138 valence electrons. The van der Waals surface area contributed by atoms with Crippen molar-refractivity contribution < 1.29 is 9.90 Å². The number of benzene rings is 1. The molecule has 3 N–H and O–H groups in total. The molecule has 26 heavy (non-hydrogen) atoms. The largest absolute Gasteiger partial charge is 0.392 e. The van der Waals surface area contributed by atoms with E-state index in [0.717, 1.165) is 25.9 Å². The number of nitrogens with one attached hydrogen (secondary N) is 2. The molecule has 0 radical (unpaired) electrons. The number of rotatable bonds is 3. The van der Waals surface area contributed by atoms with Crippen molar-refractivity contribution >= 4 is 5.91 Å². The van der Waals surface area contributed by atoms with Gasteiger partial charge in [-0.2, -0.15) is 5.10 Å². The van der Waals surface area contributed by atoms with E-state index in [1.165, 1.54) is 22.4 Å². The summed E-state index contributed by atoms with van der Waals surface area (Å²) in [4.78, 5) is 14.5. The van der Waals surface area contributed by atoms with Gasteiger partial charge in [0.15, 0.2) is 0 Å². The van der Waals surface area contributed by atoms with Crippen molar-refractivity contribution in [2.45, 2.75) is 44.2 Å². The fraction of sp³-hybridized carbons (Fsp3) is 0.500. The van der Waals surface area contributed by atoms with Gasteiger partial charge in [0.25, 0.3) is 0 Å². The van der Waals surface area contributed by atoms with Gasteiger partial charge in [0.1, 0.15) is 0 Å². The number of H-pyrrole nitrogens is 1. The minimum atomic E-state index is -0.400. The van der Waals surface area contributed by atoms with Crippen molar-refractivity contribution in [1.82, 2.24) is 20.4 Å². The van der Waals surface area contributed by atoms with E-state index >= 15 is 0 Å². The van der Waals surface area contributed by atoms with E-state index in [0.29, 0.717) is 18.9 Å². The molecule has 4 rings (SSSR count). The second kappa shape index (κ2) is 7.21. The maximum absolute atomic E-state index is 12.6. The molecule has 3 heterocycles. The molecule has 2 saturated heterocycles. The molecular formula is C20H26N4O2. The van der Waals surface area contributed by atoms with E-state index in [1.807, 2.05) is 11.1 Å². The third-order valence-electron chi connectivity index (χ3n) is 5.62. The highest BCUT2D eigenvalue weighted by Crippen LogP contribution is 2.34. The Hall–Kier alpha value is -2.18. The summed E-state index contributed by atoms with van der Waals surface area (Å²) in [5.74, 6) is 0.516. The van der Waals surface area contributed by atoms with Crippen molar-refractivity contribution in [2.24, 2.45) is 0 Å². The van der Waals surface area contributed by atoms with Crippen LogP contribution in [-0.4, -0.2) is 57.9 Å². The van der Waals surface area contributed by atoms with Crippen LogP contribution in [0.1, 0.15) is 36.4 Å². The molecule has 0 spiro atoms. The molecule has 0 bridgehead atoms. The summed E-state index contributed by atoms with van der Waals surface area (Å²) < 4.78 is 0. The first-order chi connectivity index (χ1) is 12.6. The molecular weight excluding hydrogens is 328 g/mol. The minimum absolute atomic E-state index is 0.128. The Bertz CT molecular complexity index is 780. The molecule has 2 aliphatic heterocycles. The zero-order chi connectivity index (χ0) is 18.1. The Labute approximate surface area is 153 Å². The van der Waals surface area contributed by atoms with Crippen LogP contribution >= 0.6 is 0 Å². The fourth-order valence-electron chi connectivity index (χ4n) is 4.16. The summed E-state index contributed by atoms with van der Waals surface area (Å²) in [6.07, 6.45) is 3.90. The van der Waals surface area contributed by atoms with Gasteiger partial charge in [-0.15, -0.1) is 0 Å². The highest BCUT2D eigenvalue weighted by Gasteiger charge is 2.34. The number of likely N-dealkylation sites (tertiary alicyclic amines) is 1. The van der Waals surface area contributed by atoms with Crippen LogP contribution in [0.25, 0.3) is 11.1 Å². The molecule has 0 aliphatic carbocycles.